The van der Waals surface area contributed by atoms with Crippen LogP contribution in [0, 0.1) is 13.8 Å². The predicted molar refractivity (Wildman–Crippen MR) is 71.3 cm³/mol. The van der Waals surface area contributed by atoms with Gasteiger partial charge in [0, 0.05) is 9.90 Å². The van der Waals surface area contributed by atoms with Crippen molar-refractivity contribution in [1.82, 2.24) is 0 Å². The molecule has 0 spiro atoms. The van der Waals surface area contributed by atoms with Gasteiger partial charge >= 0.3 is 0 Å². The van der Waals surface area contributed by atoms with Crippen LogP contribution in [0.3, 0.4) is 0 Å². The van der Waals surface area contributed by atoms with E-state index in [4.69, 9.17) is 17.3 Å². The maximum Gasteiger partial charge on any atom is 0.0563 e. The van der Waals surface area contributed by atoms with Crippen molar-refractivity contribution >= 4 is 22.9 Å². The smallest absolute Gasteiger partial charge is 0.0563 e. The molecule has 0 aliphatic carbocycles. The molecule has 0 saturated carbocycles. The number of aryl methyl sites for hydroxylation is 1. The van der Waals surface area contributed by atoms with Crippen molar-refractivity contribution in [3.8, 4) is 0 Å². The van der Waals surface area contributed by atoms with Gasteiger partial charge in [0.1, 0.15) is 0 Å². The molecule has 0 fully saturated rings. The van der Waals surface area contributed by atoms with E-state index in [2.05, 4.69) is 18.4 Å². The molecule has 0 bridgehead atoms. The quantitative estimate of drug-likeness (QED) is 0.856. The zero-order valence-electron chi connectivity index (χ0n) is 9.33. The minimum atomic E-state index is -0.0800. The fourth-order valence-electron chi connectivity index (χ4n) is 1.77. The van der Waals surface area contributed by atoms with E-state index >= 15 is 0 Å². The molecule has 0 amide bonds. The van der Waals surface area contributed by atoms with Gasteiger partial charge in [0.15, 0.2) is 0 Å². The summed E-state index contributed by atoms with van der Waals surface area (Å²) in [5, 5.41) is 2.89. The first-order valence-electron chi connectivity index (χ1n) is 5.15. The lowest BCUT2D eigenvalue weighted by Crippen LogP contribution is -2.12. The SMILES string of the molecule is Cc1cc(C(N)c2cccc(Cl)c2C)cs1. The molecule has 1 unspecified atom stereocenters. The zero-order valence-corrected chi connectivity index (χ0v) is 10.9. The Morgan fingerprint density at radius 3 is 2.69 bits per heavy atom. The third-order valence-electron chi connectivity index (χ3n) is 2.75. The molecule has 16 heavy (non-hydrogen) atoms. The number of nitrogens with two attached hydrogens (primary N) is 1. The van der Waals surface area contributed by atoms with Crippen LogP contribution < -0.4 is 5.73 Å². The van der Waals surface area contributed by atoms with Gasteiger partial charge in [0.2, 0.25) is 0 Å². The highest BCUT2D eigenvalue weighted by Gasteiger charge is 2.13. The Balaban J connectivity index is 2.41. The molecule has 1 aromatic heterocycles. The largest absolute Gasteiger partial charge is 0.320 e. The third-order valence-corrected chi connectivity index (χ3v) is 4.04. The standard InChI is InChI=1S/C13H14ClNS/c1-8-6-10(7-16-8)13(15)11-4-3-5-12(14)9(11)2/h3-7,13H,15H2,1-2H3. The van der Waals surface area contributed by atoms with E-state index in [1.54, 1.807) is 11.3 Å². The summed E-state index contributed by atoms with van der Waals surface area (Å²) in [5.74, 6) is 0. The summed E-state index contributed by atoms with van der Waals surface area (Å²) in [6, 6.07) is 7.94. The van der Waals surface area contributed by atoms with Crippen molar-refractivity contribution in [3.05, 3.63) is 56.2 Å². The molecule has 2 N–H and O–H groups in total. The summed E-state index contributed by atoms with van der Waals surface area (Å²) in [7, 11) is 0. The van der Waals surface area contributed by atoms with Crippen LogP contribution in [-0.4, -0.2) is 0 Å². The highest BCUT2D eigenvalue weighted by atomic mass is 35.5. The summed E-state index contributed by atoms with van der Waals surface area (Å²) in [6.07, 6.45) is 0. The number of halogens is 1. The lowest BCUT2D eigenvalue weighted by Gasteiger charge is -2.14. The van der Waals surface area contributed by atoms with Gasteiger partial charge in [-0.15, -0.1) is 11.3 Å². The monoisotopic (exact) mass is 251 g/mol. The average Bonchev–Trinajstić information content (AvgIpc) is 2.68. The maximum absolute atomic E-state index is 6.25. The lowest BCUT2D eigenvalue weighted by atomic mass is 9.97. The Bertz CT molecular complexity index is 504. The second-order valence-corrected chi connectivity index (χ2v) is 5.44. The molecule has 2 rings (SSSR count). The Morgan fingerprint density at radius 1 is 1.31 bits per heavy atom. The van der Waals surface area contributed by atoms with Crippen LogP contribution in [0.25, 0.3) is 0 Å². The van der Waals surface area contributed by atoms with Crippen molar-refractivity contribution in [2.45, 2.75) is 19.9 Å². The van der Waals surface area contributed by atoms with Gasteiger partial charge in [0.25, 0.3) is 0 Å². The zero-order chi connectivity index (χ0) is 11.7. The molecule has 1 aromatic carbocycles. The Morgan fingerprint density at radius 2 is 2.06 bits per heavy atom. The second kappa shape index (κ2) is 4.58. The molecular weight excluding hydrogens is 238 g/mol. The molecule has 2 aromatic rings. The third kappa shape index (κ3) is 2.14. The summed E-state index contributed by atoms with van der Waals surface area (Å²) in [5.41, 5.74) is 9.58. The van der Waals surface area contributed by atoms with E-state index in [-0.39, 0.29) is 6.04 Å². The number of hydrogen-bond donors (Lipinski definition) is 1. The van der Waals surface area contributed by atoms with Gasteiger partial charge in [-0.2, -0.15) is 0 Å². The summed E-state index contributed by atoms with van der Waals surface area (Å²) >= 11 is 7.82. The Hall–Kier alpha value is -0.830. The van der Waals surface area contributed by atoms with Crippen LogP contribution in [0.1, 0.15) is 27.6 Å². The topological polar surface area (TPSA) is 26.0 Å². The molecule has 0 radical (unpaired) electrons. The summed E-state index contributed by atoms with van der Waals surface area (Å²) < 4.78 is 0. The van der Waals surface area contributed by atoms with E-state index in [0.29, 0.717) is 0 Å². The van der Waals surface area contributed by atoms with Gasteiger partial charge in [-0.3, -0.25) is 0 Å². The van der Waals surface area contributed by atoms with Crippen molar-refractivity contribution in [2.75, 3.05) is 0 Å². The lowest BCUT2D eigenvalue weighted by molar-refractivity contribution is 0.866. The van der Waals surface area contributed by atoms with E-state index < -0.39 is 0 Å². The van der Waals surface area contributed by atoms with Crippen molar-refractivity contribution in [2.24, 2.45) is 5.73 Å². The molecule has 1 nitrogen and oxygen atoms in total. The van der Waals surface area contributed by atoms with E-state index in [9.17, 15) is 0 Å². The van der Waals surface area contributed by atoms with Crippen LogP contribution in [0.15, 0.2) is 29.6 Å². The number of benzene rings is 1. The number of hydrogen-bond acceptors (Lipinski definition) is 2. The summed E-state index contributed by atoms with van der Waals surface area (Å²) in [6.45, 7) is 4.10. The van der Waals surface area contributed by atoms with Gasteiger partial charge in [-0.05, 0) is 48.1 Å². The first-order valence-corrected chi connectivity index (χ1v) is 6.41. The summed E-state index contributed by atoms with van der Waals surface area (Å²) in [4.78, 5) is 1.28. The van der Waals surface area contributed by atoms with Crippen LogP contribution in [0.2, 0.25) is 5.02 Å². The molecule has 1 atom stereocenters. The van der Waals surface area contributed by atoms with Gasteiger partial charge in [-0.1, -0.05) is 23.7 Å². The van der Waals surface area contributed by atoms with Gasteiger partial charge in [-0.25, -0.2) is 0 Å². The Labute approximate surface area is 105 Å². The van der Waals surface area contributed by atoms with E-state index in [1.807, 2.05) is 25.1 Å². The first-order chi connectivity index (χ1) is 7.59. The molecule has 0 saturated heterocycles. The van der Waals surface area contributed by atoms with Crippen molar-refractivity contribution in [3.63, 3.8) is 0 Å². The first kappa shape index (κ1) is 11.6. The molecule has 0 aliphatic rings. The minimum absolute atomic E-state index is 0.0800. The molecular formula is C13H14ClNS. The predicted octanol–water partition coefficient (Wildman–Crippen LogP) is 4.07. The second-order valence-electron chi connectivity index (χ2n) is 3.92. The van der Waals surface area contributed by atoms with Crippen LogP contribution in [-0.2, 0) is 0 Å². The molecule has 1 heterocycles. The molecule has 3 heteroatoms. The van der Waals surface area contributed by atoms with Crippen LogP contribution in [0.4, 0.5) is 0 Å². The van der Waals surface area contributed by atoms with Crippen molar-refractivity contribution < 1.29 is 0 Å². The fraction of sp³-hybridized carbons (Fsp3) is 0.231. The van der Waals surface area contributed by atoms with E-state index in [1.165, 1.54) is 4.88 Å². The minimum Gasteiger partial charge on any atom is -0.320 e. The molecule has 84 valence electrons. The number of rotatable bonds is 2. The van der Waals surface area contributed by atoms with Gasteiger partial charge in [0.05, 0.1) is 6.04 Å². The van der Waals surface area contributed by atoms with E-state index in [0.717, 1.165) is 21.7 Å². The highest BCUT2D eigenvalue weighted by molar-refractivity contribution is 7.10. The highest BCUT2D eigenvalue weighted by Crippen LogP contribution is 2.29. The Kier molecular flexibility index (Phi) is 3.33. The molecule has 0 aliphatic heterocycles. The van der Waals surface area contributed by atoms with Crippen LogP contribution >= 0.6 is 22.9 Å². The average molecular weight is 252 g/mol. The fourth-order valence-corrected chi connectivity index (χ4v) is 2.69. The normalized spacial score (nSPS) is 12.8. The van der Waals surface area contributed by atoms with Gasteiger partial charge < -0.3 is 5.73 Å². The maximum atomic E-state index is 6.25. The van der Waals surface area contributed by atoms with Crippen molar-refractivity contribution in [1.29, 1.82) is 0 Å². The number of thiophene rings is 1. The van der Waals surface area contributed by atoms with Crippen LogP contribution in [0.5, 0.6) is 0 Å².